The molecular formula is C19H28N2O3S. The molecule has 0 bridgehead atoms. The summed E-state index contributed by atoms with van der Waals surface area (Å²) in [6.45, 7) is 3.62. The Labute approximate surface area is 153 Å². The quantitative estimate of drug-likeness (QED) is 0.389. The Bertz CT molecular complexity index is 592. The zero-order chi connectivity index (χ0) is 18.3. The fourth-order valence-corrected chi connectivity index (χ4v) is 3.67. The summed E-state index contributed by atoms with van der Waals surface area (Å²) in [7, 11) is 0. The SMILES string of the molecule is C=CCSC[C@H](N)[C@](O)(Cc1cc(CCCC2CC2)ccn1)C(=O)O. The van der Waals surface area contributed by atoms with Crippen LogP contribution in [0.5, 0.6) is 0 Å². The van der Waals surface area contributed by atoms with Gasteiger partial charge >= 0.3 is 5.97 Å². The van der Waals surface area contributed by atoms with Crippen molar-refractivity contribution in [3.8, 4) is 0 Å². The topological polar surface area (TPSA) is 96.4 Å². The molecule has 5 nitrogen and oxygen atoms in total. The second-order valence-corrected chi connectivity index (χ2v) is 7.90. The van der Waals surface area contributed by atoms with Crippen molar-refractivity contribution in [1.29, 1.82) is 0 Å². The van der Waals surface area contributed by atoms with Gasteiger partial charge in [-0.05, 0) is 36.5 Å². The summed E-state index contributed by atoms with van der Waals surface area (Å²) >= 11 is 1.45. The number of rotatable bonds is 12. The molecule has 1 heterocycles. The van der Waals surface area contributed by atoms with Crippen molar-refractivity contribution < 1.29 is 15.0 Å². The number of pyridine rings is 1. The summed E-state index contributed by atoms with van der Waals surface area (Å²) in [6.07, 6.45) is 9.38. The van der Waals surface area contributed by atoms with Crippen LogP contribution < -0.4 is 5.73 Å². The number of aromatic nitrogens is 1. The standard InChI is InChI=1S/C19H28N2O3S/c1-2-10-25-13-17(20)19(24,18(22)23)12-16-11-15(8-9-21-16)5-3-4-14-6-7-14/h2,8-9,11,14,17,24H,1,3-7,10,12-13,20H2,(H,22,23)/t17-,19+/m0/s1. The Morgan fingerprint density at radius 3 is 2.96 bits per heavy atom. The molecule has 0 saturated heterocycles. The summed E-state index contributed by atoms with van der Waals surface area (Å²) in [5, 5.41) is 20.2. The maximum Gasteiger partial charge on any atom is 0.337 e. The first-order valence-corrected chi connectivity index (χ1v) is 9.95. The third-order valence-corrected chi connectivity index (χ3v) is 5.69. The van der Waals surface area contributed by atoms with Crippen molar-refractivity contribution in [2.45, 2.75) is 50.2 Å². The van der Waals surface area contributed by atoms with Crippen molar-refractivity contribution in [1.82, 2.24) is 4.98 Å². The van der Waals surface area contributed by atoms with Crippen LogP contribution in [0.2, 0.25) is 0 Å². The van der Waals surface area contributed by atoms with Gasteiger partial charge in [-0.1, -0.05) is 25.3 Å². The van der Waals surface area contributed by atoms with Gasteiger partial charge in [0.05, 0.1) is 6.04 Å². The van der Waals surface area contributed by atoms with Crippen LogP contribution in [0.1, 0.15) is 36.9 Å². The average molecular weight is 365 g/mol. The van der Waals surface area contributed by atoms with E-state index in [1.807, 2.05) is 12.1 Å². The van der Waals surface area contributed by atoms with Gasteiger partial charge in [0.25, 0.3) is 0 Å². The molecule has 25 heavy (non-hydrogen) atoms. The molecule has 0 aromatic carbocycles. The predicted octanol–water partition coefficient (Wildman–Crippen LogP) is 2.42. The fraction of sp³-hybridized carbons (Fsp3) is 0.579. The summed E-state index contributed by atoms with van der Waals surface area (Å²) < 4.78 is 0. The van der Waals surface area contributed by atoms with Crippen molar-refractivity contribution in [3.63, 3.8) is 0 Å². The molecule has 138 valence electrons. The highest BCUT2D eigenvalue weighted by Crippen LogP contribution is 2.33. The minimum absolute atomic E-state index is 0.0887. The Hall–Kier alpha value is -1.37. The summed E-state index contributed by atoms with van der Waals surface area (Å²) in [5.74, 6) is 0.609. The van der Waals surface area contributed by atoms with Crippen LogP contribution in [0.3, 0.4) is 0 Å². The van der Waals surface area contributed by atoms with Crippen LogP contribution in [0.4, 0.5) is 0 Å². The van der Waals surface area contributed by atoms with E-state index in [-0.39, 0.29) is 6.42 Å². The van der Waals surface area contributed by atoms with Crippen molar-refractivity contribution in [2.24, 2.45) is 11.7 Å². The fourth-order valence-electron chi connectivity index (χ4n) is 2.84. The van der Waals surface area contributed by atoms with Gasteiger partial charge in [0.2, 0.25) is 0 Å². The molecule has 1 saturated carbocycles. The van der Waals surface area contributed by atoms with Crippen LogP contribution in [-0.4, -0.2) is 44.3 Å². The number of aliphatic hydroxyl groups is 1. The van der Waals surface area contributed by atoms with Gasteiger partial charge in [0, 0.05) is 29.8 Å². The Morgan fingerprint density at radius 2 is 2.32 bits per heavy atom. The van der Waals surface area contributed by atoms with E-state index >= 15 is 0 Å². The highest BCUT2D eigenvalue weighted by atomic mass is 32.2. The number of aryl methyl sites for hydroxylation is 1. The van der Waals surface area contributed by atoms with Gasteiger partial charge in [0.1, 0.15) is 0 Å². The molecule has 0 aliphatic heterocycles. The van der Waals surface area contributed by atoms with Crippen LogP contribution >= 0.6 is 11.8 Å². The maximum absolute atomic E-state index is 11.7. The van der Waals surface area contributed by atoms with Gasteiger partial charge in [-0.2, -0.15) is 11.8 Å². The minimum Gasteiger partial charge on any atom is -0.479 e. The molecule has 2 rings (SSSR count). The van der Waals surface area contributed by atoms with E-state index in [0.717, 1.165) is 24.3 Å². The molecule has 1 aliphatic rings. The molecule has 1 fully saturated rings. The number of nitrogens with two attached hydrogens (primary N) is 1. The lowest BCUT2D eigenvalue weighted by atomic mass is 9.90. The normalized spacial score (nSPS) is 17.7. The predicted molar refractivity (Wildman–Crippen MR) is 102 cm³/mol. The number of carboxylic acids is 1. The number of carbonyl (C=O) groups is 1. The smallest absolute Gasteiger partial charge is 0.337 e. The molecule has 1 aliphatic carbocycles. The van der Waals surface area contributed by atoms with Crippen molar-refractivity contribution in [2.75, 3.05) is 11.5 Å². The van der Waals surface area contributed by atoms with Crippen LogP contribution in [0.25, 0.3) is 0 Å². The molecule has 0 spiro atoms. The second kappa shape index (κ2) is 9.36. The number of hydrogen-bond donors (Lipinski definition) is 3. The molecule has 4 N–H and O–H groups in total. The number of hydrogen-bond acceptors (Lipinski definition) is 5. The van der Waals surface area contributed by atoms with Gasteiger partial charge in [-0.25, -0.2) is 4.79 Å². The number of carboxylic acid groups (broad SMARTS) is 1. The summed E-state index contributed by atoms with van der Waals surface area (Å²) in [5.41, 5.74) is 5.67. The van der Waals surface area contributed by atoms with Crippen LogP contribution in [0.15, 0.2) is 31.0 Å². The number of thioether (sulfide) groups is 1. The molecule has 0 unspecified atom stereocenters. The summed E-state index contributed by atoms with van der Waals surface area (Å²) in [6, 6.07) is 2.97. The third-order valence-electron chi connectivity index (χ3n) is 4.62. The van der Waals surface area contributed by atoms with E-state index in [9.17, 15) is 15.0 Å². The number of nitrogens with zero attached hydrogens (tertiary/aromatic N) is 1. The van der Waals surface area contributed by atoms with Gasteiger partial charge in [-0.15, -0.1) is 6.58 Å². The highest BCUT2D eigenvalue weighted by molar-refractivity contribution is 7.99. The van der Waals surface area contributed by atoms with Crippen LogP contribution in [0, 0.1) is 5.92 Å². The Morgan fingerprint density at radius 1 is 1.56 bits per heavy atom. The van der Waals surface area contributed by atoms with Gasteiger partial charge < -0.3 is 15.9 Å². The molecule has 1 aromatic heterocycles. The lowest BCUT2D eigenvalue weighted by Crippen LogP contribution is -2.57. The lowest BCUT2D eigenvalue weighted by molar-refractivity contribution is -0.160. The minimum atomic E-state index is -2.02. The molecule has 6 heteroatoms. The Kier molecular flexibility index (Phi) is 7.47. The van der Waals surface area contributed by atoms with Gasteiger partial charge in [0.15, 0.2) is 5.60 Å². The van der Waals surface area contributed by atoms with E-state index in [4.69, 9.17) is 5.73 Å². The first kappa shape index (κ1) is 19.9. The maximum atomic E-state index is 11.7. The largest absolute Gasteiger partial charge is 0.479 e. The van der Waals surface area contributed by atoms with E-state index in [2.05, 4.69) is 11.6 Å². The third kappa shape index (κ3) is 6.13. The average Bonchev–Trinajstić information content (AvgIpc) is 3.39. The van der Waals surface area contributed by atoms with Crippen LogP contribution in [-0.2, 0) is 17.6 Å². The van der Waals surface area contributed by atoms with E-state index < -0.39 is 17.6 Å². The zero-order valence-electron chi connectivity index (χ0n) is 14.6. The molecule has 1 aromatic rings. The van der Waals surface area contributed by atoms with E-state index in [1.54, 1.807) is 12.3 Å². The van der Waals surface area contributed by atoms with Gasteiger partial charge in [-0.3, -0.25) is 4.98 Å². The molecule has 2 atom stereocenters. The summed E-state index contributed by atoms with van der Waals surface area (Å²) in [4.78, 5) is 15.9. The van der Waals surface area contributed by atoms with Crippen molar-refractivity contribution in [3.05, 3.63) is 42.2 Å². The molecule has 0 amide bonds. The lowest BCUT2D eigenvalue weighted by Gasteiger charge is -2.29. The monoisotopic (exact) mass is 364 g/mol. The zero-order valence-corrected chi connectivity index (χ0v) is 15.4. The van der Waals surface area contributed by atoms with E-state index in [0.29, 0.717) is 17.2 Å². The van der Waals surface area contributed by atoms with E-state index in [1.165, 1.54) is 31.0 Å². The Balaban J connectivity index is 1.99. The first-order chi connectivity index (χ1) is 12.0. The number of aliphatic carboxylic acids is 1. The molecular weight excluding hydrogens is 336 g/mol. The van der Waals surface area contributed by atoms with Crippen molar-refractivity contribution >= 4 is 17.7 Å². The second-order valence-electron chi connectivity index (χ2n) is 6.83. The first-order valence-electron chi connectivity index (χ1n) is 8.79. The highest BCUT2D eigenvalue weighted by Gasteiger charge is 2.42. The molecule has 0 radical (unpaired) electrons.